The second kappa shape index (κ2) is 3.25. The van der Waals surface area contributed by atoms with Crippen molar-refractivity contribution in [2.45, 2.75) is 18.8 Å². The number of nitrogens with zero attached hydrogens (tertiary/aromatic N) is 2. The van der Waals surface area contributed by atoms with E-state index >= 15 is 0 Å². The van der Waals surface area contributed by atoms with Gasteiger partial charge in [-0.1, -0.05) is 0 Å². The van der Waals surface area contributed by atoms with Crippen LogP contribution in [0.1, 0.15) is 34.9 Å². The van der Waals surface area contributed by atoms with Crippen LogP contribution >= 0.6 is 0 Å². The Morgan fingerprint density at radius 1 is 1.64 bits per heavy atom. The fraction of sp³-hybridized carbons (Fsp3) is 0.444. The topological polar surface area (TPSA) is 78.1 Å². The van der Waals surface area contributed by atoms with E-state index in [0.717, 1.165) is 18.5 Å². The number of carbonyl (C=O) groups is 1. The second-order valence-electron chi connectivity index (χ2n) is 3.29. The fourth-order valence-electron chi connectivity index (χ4n) is 1.23. The maximum absolute atomic E-state index is 11.2. The van der Waals surface area contributed by atoms with Gasteiger partial charge in [-0.3, -0.25) is 0 Å². The molecule has 1 aliphatic carbocycles. The first kappa shape index (κ1) is 8.93. The minimum atomic E-state index is -0.530. The molecule has 1 aromatic heterocycles. The van der Waals surface area contributed by atoms with Crippen LogP contribution in [0.4, 0.5) is 5.82 Å². The van der Waals surface area contributed by atoms with Crippen molar-refractivity contribution in [2.75, 3.05) is 12.8 Å². The zero-order valence-corrected chi connectivity index (χ0v) is 7.86. The summed E-state index contributed by atoms with van der Waals surface area (Å²) in [5.74, 6) is 0.0465. The van der Waals surface area contributed by atoms with Crippen LogP contribution in [0.25, 0.3) is 0 Å². The maximum atomic E-state index is 11.2. The molecule has 1 aromatic rings. The van der Waals surface area contributed by atoms with E-state index < -0.39 is 5.97 Å². The molecule has 1 aliphatic rings. The lowest BCUT2D eigenvalue weighted by Crippen LogP contribution is -2.11. The van der Waals surface area contributed by atoms with E-state index in [-0.39, 0.29) is 11.5 Å². The second-order valence-corrected chi connectivity index (χ2v) is 3.29. The molecule has 0 unspecified atom stereocenters. The molecule has 0 saturated heterocycles. The summed E-state index contributed by atoms with van der Waals surface area (Å²) in [6.07, 6.45) is 3.85. The van der Waals surface area contributed by atoms with Crippen molar-refractivity contribution in [2.24, 2.45) is 0 Å². The van der Waals surface area contributed by atoms with E-state index in [1.54, 1.807) is 6.20 Å². The summed E-state index contributed by atoms with van der Waals surface area (Å²) in [5.41, 5.74) is 6.47. The van der Waals surface area contributed by atoms with Gasteiger partial charge < -0.3 is 10.5 Å². The highest BCUT2D eigenvalue weighted by molar-refractivity contribution is 5.91. The normalized spacial score (nSPS) is 15.2. The molecule has 5 nitrogen and oxygen atoms in total. The molecule has 0 radical (unpaired) electrons. The van der Waals surface area contributed by atoms with Crippen molar-refractivity contribution in [3.8, 4) is 0 Å². The first-order chi connectivity index (χ1) is 6.72. The quantitative estimate of drug-likeness (QED) is 0.700. The summed E-state index contributed by atoms with van der Waals surface area (Å²) in [4.78, 5) is 19.3. The zero-order chi connectivity index (χ0) is 10.1. The molecule has 14 heavy (non-hydrogen) atoms. The third-order valence-electron chi connectivity index (χ3n) is 2.19. The van der Waals surface area contributed by atoms with E-state index in [0.29, 0.717) is 5.92 Å². The van der Waals surface area contributed by atoms with Crippen LogP contribution in [0.5, 0.6) is 0 Å². The molecule has 0 aliphatic heterocycles. The lowest BCUT2D eigenvalue weighted by Gasteiger charge is -2.03. The number of nitrogens with two attached hydrogens (primary N) is 1. The molecular weight excluding hydrogens is 182 g/mol. The Bertz CT molecular complexity index is 374. The van der Waals surface area contributed by atoms with Crippen LogP contribution < -0.4 is 5.73 Å². The predicted octanol–water partition coefficient (Wildman–Crippen LogP) is 0.723. The summed E-state index contributed by atoms with van der Waals surface area (Å²) < 4.78 is 4.55. The van der Waals surface area contributed by atoms with Gasteiger partial charge in [0.05, 0.1) is 19.0 Å². The van der Waals surface area contributed by atoms with Gasteiger partial charge >= 0.3 is 5.97 Å². The predicted molar refractivity (Wildman–Crippen MR) is 49.8 cm³/mol. The van der Waals surface area contributed by atoms with Gasteiger partial charge in [-0.15, -0.1) is 0 Å². The molecule has 1 fully saturated rings. The Kier molecular flexibility index (Phi) is 2.07. The van der Waals surface area contributed by atoms with Crippen molar-refractivity contribution in [3.63, 3.8) is 0 Å². The average Bonchev–Trinajstić information content (AvgIpc) is 3.01. The SMILES string of the molecule is COC(=O)c1nc(C2CC2)cnc1N. The summed E-state index contributed by atoms with van der Waals surface area (Å²) in [7, 11) is 1.30. The summed E-state index contributed by atoms with van der Waals surface area (Å²) in [6.45, 7) is 0. The Hall–Kier alpha value is -1.65. The van der Waals surface area contributed by atoms with Gasteiger partial charge in [0.25, 0.3) is 0 Å². The highest BCUT2D eigenvalue weighted by atomic mass is 16.5. The minimum Gasteiger partial charge on any atom is -0.464 e. The number of anilines is 1. The number of hydrogen-bond acceptors (Lipinski definition) is 5. The Labute approximate surface area is 81.3 Å². The molecule has 1 saturated carbocycles. The fourth-order valence-corrected chi connectivity index (χ4v) is 1.23. The van der Waals surface area contributed by atoms with Crippen molar-refractivity contribution in [3.05, 3.63) is 17.6 Å². The summed E-state index contributed by atoms with van der Waals surface area (Å²) in [5, 5.41) is 0. The number of ether oxygens (including phenoxy) is 1. The van der Waals surface area contributed by atoms with Gasteiger partial charge in [0.1, 0.15) is 0 Å². The molecule has 2 rings (SSSR count). The molecule has 0 spiro atoms. The Morgan fingerprint density at radius 3 is 2.93 bits per heavy atom. The molecule has 0 bridgehead atoms. The van der Waals surface area contributed by atoms with Gasteiger partial charge in [0.15, 0.2) is 11.5 Å². The van der Waals surface area contributed by atoms with E-state index in [1.165, 1.54) is 7.11 Å². The van der Waals surface area contributed by atoms with E-state index in [1.807, 2.05) is 0 Å². The van der Waals surface area contributed by atoms with Crippen LogP contribution in [0.3, 0.4) is 0 Å². The maximum Gasteiger partial charge on any atom is 0.360 e. The van der Waals surface area contributed by atoms with Crippen LogP contribution in [0, 0.1) is 0 Å². The number of hydrogen-bond donors (Lipinski definition) is 1. The number of esters is 1. The largest absolute Gasteiger partial charge is 0.464 e. The summed E-state index contributed by atoms with van der Waals surface area (Å²) >= 11 is 0. The standard InChI is InChI=1S/C9H11N3O2/c1-14-9(13)7-8(10)11-4-6(12-7)5-2-3-5/h4-5H,2-3H2,1H3,(H2,10,11). The smallest absolute Gasteiger partial charge is 0.360 e. The molecule has 1 heterocycles. The lowest BCUT2D eigenvalue weighted by molar-refractivity contribution is 0.0594. The third kappa shape index (κ3) is 1.53. The lowest BCUT2D eigenvalue weighted by atomic mass is 10.3. The molecule has 0 amide bonds. The summed E-state index contributed by atoms with van der Waals surface area (Å²) in [6, 6.07) is 0. The Morgan fingerprint density at radius 2 is 2.36 bits per heavy atom. The van der Waals surface area contributed by atoms with Gasteiger partial charge in [-0.2, -0.15) is 0 Å². The minimum absolute atomic E-state index is 0.122. The zero-order valence-electron chi connectivity index (χ0n) is 7.86. The van der Waals surface area contributed by atoms with Gasteiger partial charge in [-0.05, 0) is 12.8 Å². The highest BCUT2D eigenvalue weighted by Crippen LogP contribution is 2.38. The van der Waals surface area contributed by atoms with Gasteiger partial charge in [0.2, 0.25) is 0 Å². The van der Waals surface area contributed by atoms with Crippen LogP contribution in [0.2, 0.25) is 0 Å². The first-order valence-electron chi connectivity index (χ1n) is 4.43. The van der Waals surface area contributed by atoms with E-state index in [2.05, 4.69) is 14.7 Å². The van der Waals surface area contributed by atoms with Crippen molar-refractivity contribution >= 4 is 11.8 Å². The van der Waals surface area contributed by atoms with Crippen LogP contribution in [-0.4, -0.2) is 23.0 Å². The van der Waals surface area contributed by atoms with Crippen molar-refractivity contribution < 1.29 is 9.53 Å². The van der Waals surface area contributed by atoms with Crippen molar-refractivity contribution in [1.82, 2.24) is 9.97 Å². The molecule has 0 aromatic carbocycles. The van der Waals surface area contributed by atoms with E-state index in [9.17, 15) is 4.79 Å². The van der Waals surface area contributed by atoms with Crippen LogP contribution in [0.15, 0.2) is 6.20 Å². The Balaban J connectivity index is 2.36. The molecule has 2 N–H and O–H groups in total. The first-order valence-corrected chi connectivity index (χ1v) is 4.43. The van der Waals surface area contributed by atoms with Gasteiger partial charge in [0, 0.05) is 5.92 Å². The van der Waals surface area contributed by atoms with E-state index in [4.69, 9.17) is 5.73 Å². The highest BCUT2D eigenvalue weighted by Gasteiger charge is 2.27. The number of aromatic nitrogens is 2. The number of carbonyl (C=O) groups excluding carboxylic acids is 1. The average molecular weight is 193 g/mol. The molecule has 0 atom stereocenters. The van der Waals surface area contributed by atoms with Gasteiger partial charge in [-0.25, -0.2) is 14.8 Å². The monoisotopic (exact) mass is 193 g/mol. The third-order valence-corrected chi connectivity index (χ3v) is 2.19. The molecule has 74 valence electrons. The molecular formula is C9H11N3O2. The number of rotatable bonds is 2. The van der Waals surface area contributed by atoms with Crippen molar-refractivity contribution in [1.29, 1.82) is 0 Å². The molecule has 5 heteroatoms. The number of nitrogen functional groups attached to an aromatic ring is 1. The van der Waals surface area contributed by atoms with Crippen LogP contribution in [-0.2, 0) is 4.74 Å². The number of methoxy groups -OCH3 is 1.